The van der Waals surface area contributed by atoms with Crippen LogP contribution >= 0.6 is 0 Å². The lowest BCUT2D eigenvalue weighted by molar-refractivity contribution is -0.149. The number of nitrogens with one attached hydrogen (secondary N) is 1. The first-order valence-corrected chi connectivity index (χ1v) is 6.24. The second kappa shape index (κ2) is 6.54. The quantitative estimate of drug-likeness (QED) is 0.777. The van der Waals surface area contributed by atoms with Crippen LogP contribution in [-0.2, 0) is 14.4 Å². The van der Waals surface area contributed by atoms with Crippen LogP contribution in [0.15, 0.2) is 0 Å². The Morgan fingerprint density at radius 3 is 2.05 bits per heavy atom. The van der Waals surface area contributed by atoms with Crippen molar-refractivity contribution in [3.05, 3.63) is 0 Å². The summed E-state index contributed by atoms with van der Waals surface area (Å²) in [5, 5.41) is 11.4. The number of amides is 2. The van der Waals surface area contributed by atoms with Gasteiger partial charge < -0.3 is 15.3 Å². The normalized spacial score (nSPS) is 14.4. The Morgan fingerprint density at radius 1 is 1.21 bits per heavy atom. The molecule has 0 fully saturated rings. The van der Waals surface area contributed by atoms with Gasteiger partial charge >= 0.3 is 5.97 Å². The second-order valence-corrected chi connectivity index (χ2v) is 5.99. The maximum atomic E-state index is 11.9. The molecule has 0 heterocycles. The highest BCUT2D eigenvalue weighted by atomic mass is 16.4. The Labute approximate surface area is 114 Å². The van der Waals surface area contributed by atoms with Gasteiger partial charge in [-0.1, -0.05) is 20.8 Å². The Kier molecular flexibility index (Phi) is 5.99. The van der Waals surface area contributed by atoms with E-state index in [9.17, 15) is 14.4 Å². The lowest BCUT2D eigenvalue weighted by Crippen LogP contribution is -2.50. The summed E-state index contributed by atoms with van der Waals surface area (Å²) in [6.45, 7) is 8.75. The molecular formula is C13H24N2O4. The topological polar surface area (TPSA) is 86.7 Å². The Hall–Kier alpha value is -1.59. The van der Waals surface area contributed by atoms with Crippen molar-refractivity contribution in [1.29, 1.82) is 0 Å². The van der Waals surface area contributed by atoms with Crippen LogP contribution in [0.25, 0.3) is 0 Å². The molecule has 110 valence electrons. The number of likely N-dealkylation sites (N-methyl/N-ethyl adjacent to an activating group) is 1. The molecule has 0 aliphatic carbocycles. The van der Waals surface area contributed by atoms with Gasteiger partial charge in [0.2, 0.25) is 11.8 Å². The molecule has 0 aromatic rings. The predicted octanol–water partition coefficient (Wildman–Crippen LogP) is 0.859. The molecule has 0 bridgehead atoms. The maximum absolute atomic E-state index is 11.9. The zero-order valence-corrected chi connectivity index (χ0v) is 12.5. The SMILES string of the molecule is CC(NC(=O)CC(C)(C)C)C(=O)N(C)C(C)C(=O)O. The Balaban J connectivity index is 4.50. The lowest BCUT2D eigenvalue weighted by atomic mass is 9.92. The number of carbonyl (C=O) groups excluding carboxylic acids is 2. The number of hydrogen-bond donors (Lipinski definition) is 2. The molecule has 0 aromatic heterocycles. The van der Waals surface area contributed by atoms with Crippen LogP contribution < -0.4 is 5.32 Å². The monoisotopic (exact) mass is 272 g/mol. The summed E-state index contributed by atoms with van der Waals surface area (Å²) in [6, 6.07) is -1.66. The Bertz CT molecular complexity index is 360. The molecule has 0 spiro atoms. The van der Waals surface area contributed by atoms with Crippen molar-refractivity contribution in [2.75, 3.05) is 7.05 Å². The van der Waals surface area contributed by atoms with Crippen LogP contribution in [0.4, 0.5) is 0 Å². The number of hydrogen-bond acceptors (Lipinski definition) is 3. The largest absolute Gasteiger partial charge is 0.480 e. The number of carbonyl (C=O) groups is 3. The van der Waals surface area contributed by atoms with Crippen molar-refractivity contribution in [2.45, 2.75) is 53.1 Å². The minimum Gasteiger partial charge on any atom is -0.480 e. The summed E-state index contributed by atoms with van der Waals surface area (Å²) in [4.78, 5) is 35.6. The molecule has 0 saturated carbocycles. The first kappa shape index (κ1) is 17.4. The van der Waals surface area contributed by atoms with E-state index in [1.165, 1.54) is 14.0 Å². The fraction of sp³-hybridized carbons (Fsp3) is 0.769. The van der Waals surface area contributed by atoms with E-state index in [0.29, 0.717) is 6.42 Å². The number of carboxylic acid groups (broad SMARTS) is 1. The van der Waals surface area contributed by atoms with E-state index >= 15 is 0 Å². The van der Waals surface area contributed by atoms with Crippen molar-refractivity contribution in [1.82, 2.24) is 10.2 Å². The Morgan fingerprint density at radius 2 is 1.68 bits per heavy atom. The van der Waals surface area contributed by atoms with Gasteiger partial charge in [-0.2, -0.15) is 0 Å². The number of carboxylic acids is 1. The molecule has 2 atom stereocenters. The summed E-state index contributed by atoms with van der Waals surface area (Å²) in [5.41, 5.74) is -0.160. The molecular weight excluding hydrogens is 248 g/mol. The molecule has 0 aliphatic rings. The van der Waals surface area contributed by atoms with Gasteiger partial charge in [-0.25, -0.2) is 4.79 Å². The van der Waals surface area contributed by atoms with Crippen LogP contribution in [0.1, 0.15) is 41.0 Å². The van der Waals surface area contributed by atoms with Crippen LogP contribution in [0.2, 0.25) is 0 Å². The lowest BCUT2D eigenvalue weighted by Gasteiger charge is -2.26. The highest BCUT2D eigenvalue weighted by molar-refractivity contribution is 5.89. The minimum absolute atomic E-state index is 0.160. The first-order chi connectivity index (χ1) is 8.45. The minimum atomic E-state index is -1.08. The fourth-order valence-corrected chi connectivity index (χ4v) is 1.50. The van der Waals surface area contributed by atoms with E-state index in [1.807, 2.05) is 20.8 Å². The standard InChI is InChI=1S/C13H24N2O4/c1-8(14-10(16)7-13(3,4)5)11(17)15(6)9(2)12(18)19/h8-9H,7H2,1-6H3,(H,14,16)(H,18,19). The molecule has 2 N–H and O–H groups in total. The van der Waals surface area contributed by atoms with Gasteiger partial charge in [0.1, 0.15) is 12.1 Å². The third-order valence-corrected chi connectivity index (χ3v) is 2.72. The van der Waals surface area contributed by atoms with Gasteiger partial charge in [-0.3, -0.25) is 9.59 Å². The molecule has 2 unspecified atom stereocenters. The van der Waals surface area contributed by atoms with Gasteiger partial charge in [0, 0.05) is 13.5 Å². The van der Waals surface area contributed by atoms with E-state index < -0.39 is 24.0 Å². The molecule has 0 aromatic carbocycles. The zero-order chi connectivity index (χ0) is 15.4. The fourth-order valence-electron chi connectivity index (χ4n) is 1.50. The van der Waals surface area contributed by atoms with E-state index in [4.69, 9.17) is 5.11 Å². The number of nitrogens with zero attached hydrogens (tertiary/aromatic N) is 1. The van der Waals surface area contributed by atoms with Crippen LogP contribution in [0.3, 0.4) is 0 Å². The van der Waals surface area contributed by atoms with Crippen LogP contribution in [0.5, 0.6) is 0 Å². The summed E-state index contributed by atoms with van der Waals surface area (Å²) in [7, 11) is 1.41. The van der Waals surface area contributed by atoms with Crippen molar-refractivity contribution in [3.8, 4) is 0 Å². The smallest absolute Gasteiger partial charge is 0.326 e. The molecule has 0 aliphatic heterocycles. The predicted molar refractivity (Wildman–Crippen MR) is 71.5 cm³/mol. The molecule has 6 nitrogen and oxygen atoms in total. The molecule has 19 heavy (non-hydrogen) atoms. The van der Waals surface area contributed by atoms with E-state index in [1.54, 1.807) is 6.92 Å². The maximum Gasteiger partial charge on any atom is 0.326 e. The van der Waals surface area contributed by atoms with Gasteiger partial charge in [-0.15, -0.1) is 0 Å². The summed E-state index contributed by atoms with van der Waals surface area (Å²) < 4.78 is 0. The average molecular weight is 272 g/mol. The van der Waals surface area contributed by atoms with Crippen LogP contribution in [-0.4, -0.2) is 46.9 Å². The molecule has 2 amide bonds. The molecule has 6 heteroatoms. The van der Waals surface area contributed by atoms with Crippen molar-refractivity contribution >= 4 is 17.8 Å². The molecule has 0 rings (SSSR count). The second-order valence-electron chi connectivity index (χ2n) is 5.99. The first-order valence-electron chi connectivity index (χ1n) is 6.24. The highest BCUT2D eigenvalue weighted by Crippen LogP contribution is 2.18. The van der Waals surface area contributed by atoms with Crippen molar-refractivity contribution in [2.24, 2.45) is 5.41 Å². The average Bonchev–Trinajstić information content (AvgIpc) is 2.22. The highest BCUT2D eigenvalue weighted by Gasteiger charge is 2.27. The summed E-state index contributed by atoms with van der Waals surface area (Å²) in [6.07, 6.45) is 0.308. The van der Waals surface area contributed by atoms with Gasteiger partial charge in [-0.05, 0) is 19.3 Å². The van der Waals surface area contributed by atoms with Gasteiger partial charge in [0.05, 0.1) is 0 Å². The van der Waals surface area contributed by atoms with Crippen molar-refractivity contribution in [3.63, 3.8) is 0 Å². The third-order valence-electron chi connectivity index (χ3n) is 2.72. The van der Waals surface area contributed by atoms with Gasteiger partial charge in [0.15, 0.2) is 0 Å². The molecule has 0 saturated heterocycles. The van der Waals surface area contributed by atoms with E-state index in [2.05, 4.69) is 5.32 Å². The van der Waals surface area contributed by atoms with Crippen molar-refractivity contribution < 1.29 is 19.5 Å². The van der Waals surface area contributed by atoms with Gasteiger partial charge in [0.25, 0.3) is 0 Å². The zero-order valence-electron chi connectivity index (χ0n) is 12.5. The summed E-state index contributed by atoms with van der Waals surface area (Å²) in [5.74, 6) is -1.72. The molecule has 0 radical (unpaired) electrons. The number of aliphatic carboxylic acids is 1. The summed E-state index contributed by atoms with van der Waals surface area (Å²) >= 11 is 0. The van der Waals surface area contributed by atoms with E-state index in [0.717, 1.165) is 4.90 Å². The third kappa shape index (κ3) is 6.22. The van der Waals surface area contributed by atoms with E-state index in [-0.39, 0.29) is 11.3 Å². The number of rotatable bonds is 5. The van der Waals surface area contributed by atoms with Crippen LogP contribution in [0, 0.1) is 5.41 Å².